The fourth-order valence-electron chi connectivity index (χ4n) is 3.76. The lowest BCUT2D eigenvalue weighted by Gasteiger charge is -2.38. The zero-order chi connectivity index (χ0) is 19.1. The Hall–Kier alpha value is -3.30. The van der Waals surface area contributed by atoms with Gasteiger partial charge in [-0.2, -0.15) is 0 Å². The van der Waals surface area contributed by atoms with Crippen molar-refractivity contribution in [1.29, 1.82) is 0 Å². The summed E-state index contributed by atoms with van der Waals surface area (Å²) >= 11 is 6.50. The molecule has 1 heterocycles. The van der Waals surface area contributed by atoms with E-state index in [1.54, 1.807) is 4.90 Å². The van der Waals surface area contributed by atoms with E-state index in [0.29, 0.717) is 10.6 Å². The first-order valence-corrected chi connectivity index (χ1v) is 9.52. The highest BCUT2D eigenvalue weighted by Crippen LogP contribution is 2.39. The van der Waals surface area contributed by atoms with Crippen LogP contribution in [-0.2, 0) is 0 Å². The minimum Gasteiger partial charge on any atom is -0.360 e. The van der Waals surface area contributed by atoms with Gasteiger partial charge in [-0.25, -0.2) is 0 Å². The minimum absolute atomic E-state index is 0.0467. The fraction of sp³-hybridized carbons (Fsp3) is 0.0417. The number of hydrogen-bond donors (Lipinski definition) is 1. The normalized spacial score (nSPS) is 16.0. The summed E-state index contributed by atoms with van der Waals surface area (Å²) in [5, 5.41) is 6.35. The van der Waals surface area contributed by atoms with Crippen molar-refractivity contribution >= 4 is 39.7 Å². The molecule has 4 aromatic carbocycles. The summed E-state index contributed by atoms with van der Waals surface area (Å²) in [5.74, 6) is -0.0467. The molecule has 0 spiro atoms. The molecule has 5 rings (SSSR count). The number of halogens is 1. The average molecular weight is 385 g/mol. The molecule has 4 heteroatoms. The van der Waals surface area contributed by atoms with Crippen molar-refractivity contribution in [2.45, 2.75) is 6.17 Å². The van der Waals surface area contributed by atoms with Crippen LogP contribution in [0, 0.1) is 0 Å². The van der Waals surface area contributed by atoms with E-state index in [1.165, 1.54) is 0 Å². The van der Waals surface area contributed by atoms with E-state index in [4.69, 9.17) is 11.6 Å². The number of amides is 1. The lowest BCUT2D eigenvalue weighted by molar-refractivity contribution is 0.0975. The highest BCUT2D eigenvalue weighted by atomic mass is 35.5. The van der Waals surface area contributed by atoms with Crippen LogP contribution in [0.5, 0.6) is 0 Å². The highest BCUT2D eigenvalue weighted by molar-refractivity contribution is 6.31. The van der Waals surface area contributed by atoms with Gasteiger partial charge in [0.2, 0.25) is 0 Å². The summed E-state index contributed by atoms with van der Waals surface area (Å²) in [4.78, 5) is 15.3. The number of carbonyl (C=O) groups excluding carboxylic acids is 1. The van der Waals surface area contributed by atoms with Gasteiger partial charge in [0.05, 0.1) is 5.56 Å². The minimum atomic E-state index is -0.391. The van der Waals surface area contributed by atoms with Crippen molar-refractivity contribution in [3.8, 4) is 0 Å². The van der Waals surface area contributed by atoms with E-state index in [2.05, 4.69) is 17.4 Å². The van der Waals surface area contributed by atoms with Crippen LogP contribution in [0.2, 0.25) is 5.02 Å². The van der Waals surface area contributed by atoms with Crippen molar-refractivity contribution < 1.29 is 4.79 Å². The maximum absolute atomic E-state index is 13.5. The van der Waals surface area contributed by atoms with Crippen LogP contribution in [0.1, 0.15) is 22.1 Å². The molecule has 0 saturated heterocycles. The van der Waals surface area contributed by atoms with Gasteiger partial charge in [-0.05, 0) is 41.1 Å². The lowest BCUT2D eigenvalue weighted by atomic mass is 10.0. The molecule has 0 aliphatic carbocycles. The van der Waals surface area contributed by atoms with Gasteiger partial charge in [0.25, 0.3) is 5.91 Å². The van der Waals surface area contributed by atoms with Crippen molar-refractivity contribution in [3.63, 3.8) is 0 Å². The Balaban J connectivity index is 1.71. The molecular weight excluding hydrogens is 368 g/mol. The highest BCUT2D eigenvalue weighted by Gasteiger charge is 2.34. The molecule has 0 radical (unpaired) electrons. The molecule has 0 fully saturated rings. The smallest absolute Gasteiger partial charge is 0.262 e. The Labute approximate surface area is 168 Å². The molecular formula is C24H17ClN2O. The van der Waals surface area contributed by atoms with Crippen molar-refractivity contribution in [2.24, 2.45) is 0 Å². The second-order valence-electron chi connectivity index (χ2n) is 6.82. The maximum Gasteiger partial charge on any atom is 0.262 e. The zero-order valence-corrected chi connectivity index (χ0v) is 15.7. The number of benzene rings is 4. The first-order chi connectivity index (χ1) is 13.7. The summed E-state index contributed by atoms with van der Waals surface area (Å²) in [6, 6.07) is 29.4. The quantitative estimate of drug-likeness (QED) is 0.442. The zero-order valence-electron chi connectivity index (χ0n) is 15.0. The van der Waals surface area contributed by atoms with Crippen LogP contribution >= 0.6 is 11.6 Å². The Morgan fingerprint density at radius 3 is 2.36 bits per heavy atom. The van der Waals surface area contributed by atoms with E-state index >= 15 is 0 Å². The molecule has 4 aromatic rings. The standard InChI is InChI=1S/C24H17ClN2O/c25-21-11-5-3-9-19(21)23-26-22-12-6-4-10-20(22)24(28)27(23)18-14-13-16-7-1-2-8-17(16)15-18/h1-15,23,26H/t23-/m0/s1. The third-order valence-corrected chi connectivity index (χ3v) is 5.48. The van der Waals surface area contributed by atoms with E-state index in [0.717, 1.165) is 27.7 Å². The van der Waals surface area contributed by atoms with Gasteiger partial charge < -0.3 is 5.32 Å². The predicted molar refractivity (Wildman–Crippen MR) is 115 cm³/mol. The summed E-state index contributed by atoms with van der Waals surface area (Å²) in [5.41, 5.74) is 3.16. The van der Waals surface area contributed by atoms with Crippen LogP contribution in [-0.4, -0.2) is 5.91 Å². The molecule has 1 atom stereocenters. The van der Waals surface area contributed by atoms with Crippen molar-refractivity contribution in [3.05, 3.63) is 107 Å². The predicted octanol–water partition coefficient (Wildman–Crippen LogP) is 6.26. The molecule has 0 unspecified atom stereocenters. The van der Waals surface area contributed by atoms with Gasteiger partial charge in [0, 0.05) is 22.0 Å². The van der Waals surface area contributed by atoms with Crippen molar-refractivity contribution in [1.82, 2.24) is 0 Å². The molecule has 3 nitrogen and oxygen atoms in total. The average Bonchev–Trinajstić information content (AvgIpc) is 2.74. The molecule has 1 N–H and O–H groups in total. The number of nitrogens with zero attached hydrogens (tertiary/aromatic N) is 1. The monoisotopic (exact) mass is 384 g/mol. The molecule has 0 bridgehead atoms. The molecule has 1 amide bonds. The SMILES string of the molecule is O=C1c2ccccc2N[C@H](c2ccccc2Cl)N1c1ccc2ccccc2c1. The van der Waals surface area contributed by atoms with Gasteiger partial charge in [-0.15, -0.1) is 0 Å². The van der Waals surface area contributed by atoms with E-state index in [1.807, 2.05) is 78.9 Å². The number of fused-ring (bicyclic) bond motifs is 2. The number of nitrogens with one attached hydrogen (secondary N) is 1. The molecule has 1 aliphatic heterocycles. The van der Waals surface area contributed by atoms with Crippen LogP contribution in [0.3, 0.4) is 0 Å². The topological polar surface area (TPSA) is 32.3 Å². The van der Waals surface area contributed by atoms with Crippen LogP contribution < -0.4 is 10.2 Å². The third kappa shape index (κ3) is 2.72. The maximum atomic E-state index is 13.5. The van der Waals surface area contributed by atoms with Gasteiger partial charge in [-0.3, -0.25) is 9.69 Å². The van der Waals surface area contributed by atoms with Gasteiger partial charge in [0.1, 0.15) is 6.17 Å². The molecule has 136 valence electrons. The fourth-order valence-corrected chi connectivity index (χ4v) is 4.00. The van der Waals surface area contributed by atoms with E-state index < -0.39 is 6.17 Å². The number of carbonyl (C=O) groups is 1. The van der Waals surface area contributed by atoms with Gasteiger partial charge in [-0.1, -0.05) is 72.3 Å². The molecule has 0 aromatic heterocycles. The molecule has 28 heavy (non-hydrogen) atoms. The summed E-state index contributed by atoms with van der Waals surface area (Å²) in [6.07, 6.45) is -0.391. The molecule has 0 saturated carbocycles. The third-order valence-electron chi connectivity index (χ3n) is 5.14. The van der Waals surface area contributed by atoms with Crippen LogP contribution in [0.25, 0.3) is 10.8 Å². The second kappa shape index (κ2) is 6.70. The van der Waals surface area contributed by atoms with E-state index in [9.17, 15) is 4.79 Å². The first kappa shape index (κ1) is 16.8. The Morgan fingerprint density at radius 1 is 0.786 bits per heavy atom. The van der Waals surface area contributed by atoms with E-state index in [-0.39, 0.29) is 5.91 Å². The number of para-hydroxylation sites is 1. The first-order valence-electron chi connectivity index (χ1n) is 9.15. The van der Waals surface area contributed by atoms with Crippen LogP contribution in [0.4, 0.5) is 11.4 Å². The van der Waals surface area contributed by atoms with Crippen LogP contribution in [0.15, 0.2) is 91.0 Å². The van der Waals surface area contributed by atoms with Crippen molar-refractivity contribution in [2.75, 3.05) is 10.2 Å². The Morgan fingerprint density at radius 2 is 1.50 bits per heavy atom. The summed E-state index contributed by atoms with van der Waals surface area (Å²) in [7, 11) is 0. The Kier molecular flexibility index (Phi) is 4.03. The number of hydrogen-bond acceptors (Lipinski definition) is 2. The number of rotatable bonds is 2. The Bertz CT molecular complexity index is 1200. The van der Waals surface area contributed by atoms with Gasteiger partial charge >= 0.3 is 0 Å². The largest absolute Gasteiger partial charge is 0.360 e. The molecule has 1 aliphatic rings. The van der Waals surface area contributed by atoms with Gasteiger partial charge in [0.15, 0.2) is 0 Å². The lowest BCUT2D eigenvalue weighted by Crippen LogP contribution is -2.43. The second-order valence-corrected chi connectivity index (χ2v) is 7.23. The summed E-state index contributed by atoms with van der Waals surface area (Å²) < 4.78 is 0. The number of anilines is 2. The summed E-state index contributed by atoms with van der Waals surface area (Å²) in [6.45, 7) is 0.